The van der Waals surface area contributed by atoms with Crippen molar-refractivity contribution in [2.24, 2.45) is 0 Å². The molecule has 0 aromatic rings. The second kappa shape index (κ2) is 5.05. The zero-order valence-corrected chi connectivity index (χ0v) is 8.18. The molecule has 14 heavy (non-hydrogen) atoms. The Balaban J connectivity index is 4.63. The van der Waals surface area contributed by atoms with Crippen LogP contribution < -0.4 is 0 Å². The zero-order chi connectivity index (χ0) is 11.4. The minimum absolute atomic E-state index is 0.217. The van der Waals surface area contributed by atoms with E-state index in [2.05, 4.69) is 22.9 Å². The summed E-state index contributed by atoms with van der Waals surface area (Å²) in [6.07, 6.45) is -1.33. The summed E-state index contributed by atoms with van der Waals surface area (Å²) in [5.74, 6) is -4.89. The fraction of sp³-hybridized carbons (Fsp3) is 0.500. The molecule has 0 aliphatic rings. The molecule has 1 unspecified atom stereocenters. The van der Waals surface area contributed by atoms with Gasteiger partial charge in [0.15, 0.2) is 6.10 Å². The van der Waals surface area contributed by atoms with Crippen molar-refractivity contribution in [3.05, 3.63) is 12.7 Å². The van der Waals surface area contributed by atoms with Crippen molar-refractivity contribution >= 4 is 22.8 Å². The minimum atomic E-state index is -3.87. The van der Waals surface area contributed by atoms with E-state index in [1.54, 1.807) is 0 Å². The molecule has 6 heteroatoms. The molecule has 0 saturated carbocycles. The Kier molecular flexibility index (Phi) is 4.70. The van der Waals surface area contributed by atoms with Gasteiger partial charge in [0.05, 0.1) is 0 Å². The first-order valence-corrected chi connectivity index (χ1v) is 4.14. The molecule has 0 saturated heterocycles. The van der Waals surface area contributed by atoms with Gasteiger partial charge in [0.25, 0.3) is 5.24 Å². The second-order valence-corrected chi connectivity index (χ2v) is 2.78. The lowest BCUT2D eigenvalue weighted by molar-refractivity contribution is -0.172. The Bertz CT molecular complexity index is 253. The molecule has 80 valence electrons. The molecular weight excluding hydrogens is 218 g/mol. The highest BCUT2D eigenvalue weighted by molar-refractivity contribution is 6.65. The molecule has 1 atom stereocenters. The summed E-state index contributed by atoms with van der Waals surface area (Å²) in [6.45, 7) is 4.38. The fourth-order valence-corrected chi connectivity index (χ4v) is 0.850. The average molecular weight is 227 g/mol. The van der Waals surface area contributed by atoms with Gasteiger partial charge in [0.1, 0.15) is 0 Å². The first-order chi connectivity index (χ1) is 6.36. The number of ether oxygens (including phenoxy) is 1. The number of rotatable bonds is 5. The predicted octanol–water partition coefficient (Wildman–Crippen LogP) is 1.89. The topological polar surface area (TPSA) is 43.4 Å². The third kappa shape index (κ3) is 3.06. The van der Waals surface area contributed by atoms with Gasteiger partial charge in [0.2, 0.25) is 0 Å². The Morgan fingerprint density at radius 1 is 1.64 bits per heavy atom. The van der Waals surface area contributed by atoms with Crippen LogP contribution >= 0.6 is 11.6 Å². The Labute approximate surface area is 84.7 Å². The molecule has 0 heterocycles. The summed E-state index contributed by atoms with van der Waals surface area (Å²) in [5, 5.41) is -1.85. The van der Waals surface area contributed by atoms with E-state index in [1.807, 2.05) is 0 Å². The van der Waals surface area contributed by atoms with Gasteiger partial charge in [-0.1, -0.05) is 13.5 Å². The Morgan fingerprint density at radius 3 is 2.43 bits per heavy atom. The van der Waals surface area contributed by atoms with E-state index in [0.717, 1.165) is 6.08 Å². The van der Waals surface area contributed by atoms with Crippen molar-refractivity contribution in [2.45, 2.75) is 25.4 Å². The molecule has 0 fully saturated rings. The van der Waals surface area contributed by atoms with Crippen LogP contribution in [0.4, 0.5) is 8.78 Å². The van der Waals surface area contributed by atoms with Crippen LogP contribution in [-0.4, -0.2) is 23.2 Å². The van der Waals surface area contributed by atoms with Crippen molar-refractivity contribution in [1.82, 2.24) is 0 Å². The molecule has 0 aromatic heterocycles. The van der Waals surface area contributed by atoms with Crippen LogP contribution in [0.2, 0.25) is 0 Å². The van der Waals surface area contributed by atoms with Crippen LogP contribution in [0.5, 0.6) is 0 Å². The van der Waals surface area contributed by atoms with Crippen LogP contribution in [0.1, 0.15) is 13.3 Å². The lowest BCUT2D eigenvalue weighted by atomic mass is 10.1. The van der Waals surface area contributed by atoms with E-state index in [0.29, 0.717) is 0 Å². The van der Waals surface area contributed by atoms with Gasteiger partial charge < -0.3 is 4.74 Å². The standard InChI is InChI=1S/C8H9ClF2O3/c1-3-5(14-6(12)4-2)8(10,11)7(9)13/h4-5H,2-3H2,1H3. The number of carbonyl (C=O) groups excluding carboxylic acids is 2. The van der Waals surface area contributed by atoms with Crippen LogP contribution in [-0.2, 0) is 14.3 Å². The molecule has 0 N–H and O–H groups in total. The summed E-state index contributed by atoms with van der Waals surface area (Å²) in [6, 6.07) is 0. The van der Waals surface area contributed by atoms with Crippen LogP contribution in [0.25, 0.3) is 0 Å². The number of hydrogen-bond donors (Lipinski definition) is 0. The monoisotopic (exact) mass is 226 g/mol. The third-order valence-corrected chi connectivity index (χ3v) is 1.71. The average Bonchev–Trinajstić information content (AvgIpc) is 2.12. The van der Waals surface area contributed by atoms with Gasteiger partial charge in [-0.3, -0.25) is 4.79 Å². The SMILES string of the molecule is C=CC(=O)OC(CC)C(F)(F)C(=O)Cl. The highest BCUT2D eigenvalue weighted by atomic mass is 35.5. The maximum absolute atomic E-state index is 12.9. The van der Waals surface area contributed by atoms with Gasteiger partial charge in [0, 0.05) is 6.08 Å². The maximum Gasteiger partial charge on any atom is 0.355 e. The van der Waals surface area contributed by atoms with Gasteiger partial charge in [-0.2, -0.15) is 8.78 Å². The smallest absolute Gasteiger partial charge is 0.355 e. The molecule has 0 bridgehead atoms. The van der Waals surface area contributed by atoms with Gasteiger partial charge in [-0.15, -0.1) is 0 Å². The first kappa shape index (κ1) is 13.0. The van der Waals surface area contributed by atoms with Crippen molar-refractivity contribution in [2.75, 3.05) is 0 Å². The lowest BCUT2D eigenvalue weighted by Crippen LogP contribution is -2.41. The molecule has 3 nitrogen and oxygen atoms in total. The van der Waals surface area contributed by atoms with Crippen molar-refractivity contribution in [3.63, 3.8) is 0 Å². The number of alkyl halides is 2. The van der Waals surface area contributed by atoms with E-state index in [9.17, 15) is 18.4 Å². The minimum Gasteiger partial charge on any atom is -0.452 e. The quantitative estimate of drug-likeness (QED) is 0.409. The van der Waals surface area contributed by atoms with Gasteiger partial charge >= 0.3 is 11.9 Å². The molecule has 0 aromatic carbocycles. The molecule has 0 aliphatic heterocycles. The highest BCUT2D eigenvalue weighted by Crippen LogP contribution is 2.26. The largest absolute Gasteiger partial charge is 0.452 e. The van der Waals surface area contributed by atoms with Crippen molar-refractivity contribution in [1.29, 1.82) is 0 Å². The van der Waals surface area contributed by atoms with Crippen molar-refractivity contribution in [3.8, 4) is 0 Å². The number of carbonyl (C=O) groups is 2. The molecule has 0 radical (unpaired) electrons. The van der Waals surface area contributed by atoms with Crippen LogP contribution in [0, 0.1) is 0 Å². The molecule has 0 rings (SSSR count). The van der Waals surface area contributed by atoms with Crippen molar-refractivity contribution < 1.29 is 23.1 Å². The molecule has 0 aliphatic carbocycles. The fourth-order valence-electron chi connectivity index (χ4n) is 0.729. The second-order valence-electron chi connectivity index (χ2n) is 2.43. The normalized spacial score (nSPS) is 13.1. The first-order valence-electron chi connectivity index (χ1n) is 3.77. The van der Waals surface area contributed by atoms with E-state index >= 15 is 0 Å². The molecular formula is C8H9ClF2O3. The zero-order valence-electron chi connectivity index (χ0n) is 7.43. The van der Waals surface area contributed by atoms with E-state index in [1.165, 1.54) is 6.92 Å². The number of hydrogen-bond acceptors (Lipinski definition) is 3. The van der Waals surface area contributed by atoms with Gasteiger partial charge in [-0.25, -0.2) is 4.79 Å². The lowest BCUT2D eigenvalue weighted by Gasteiger charge is -2.21. The van der Waals surface area contributed by atoms with E-state index in [4.69, 9.17) is 0 Å². The Hall–Kier alpha value is -0.970. The third-order valence-electron chi connectivity index (χ3n) is 1.46. The van der Waals surface area contributed by atoms with Crippen LogP contribution in [0.15, 0.2) is 12.7 Å². The summed E-state index contributed by atoms with van der Waals surface area (Å²) >= 11 is 4.66. The molecule has 0 spiro atoms. The van der Waals surface area contributed by atoms with Gasteiger partial charge in [-0.05, 0) is 18.0 Å². The van der Waals surface area contributed by atoms with E-state index in [-0.39, 0.29) is 6.42 Å². The molecule has 0 amide bonds. The van der Waals surface area contributed by atoms with Crippen LogP contribution in [0.3, 0.4) is 0 Å². The number of halogens is 3. The Morgan fingerprint density at radius 2 is 2.14 bits per heavy atom. The highest BCUT2D eigenvalue weighted by Gasteiger charge is 2.47. The number of esters is 1. The summed E-state index contributed by atoms with van der Waals surface area (Å²) in [5.41, 5.74) is 0. The summed E-state index contributed by atoms with van der Waals surface area (Å²) < 4.78 is 30.1. The van der Waals surface area contributed by atoms with E-state index < -0.39 is 23.2 Å². The summed E-state index contributed by atoms with van der Waals surface area (Å²) in [4.78, 5) is 21.0. The summed E-state index contributed by atoms with van der Waals surface area (Å²) in [7, 11) is 0. The predicted molar refractivity (Wildman–Crippen MR) is 46.2 cm³/mol. The maximum atomic E-state index is 12.9.